The molecule has 3 N–H and O–H groups in total. The molecule has 0 radical (unpaired) electrons. The lowest BCUT2D eigenvalue weighted by Gasteiger charge is -2.23. The second kappa shape index (κ2) is 22.7. The first-order chi connectivity index (χ1) is 19.5. The van der Waals surface area contributed by atoms with Crippen LogP contribution in [0.25, 0.3) is 0 Å². The molecular weight excluding hydrogens is 498 g/mol. The van der Waals surface area contributed by atoms with E-state index in [0.717, 1.165) is 56.9 Å². The summed E-state index contributed by atoms with van der Waals surface area (Å²) in [7, 11) is 0. The van der Waals surface area contributed by atoms with E-state index in [1.54, 1.807) is 0 Å². The topological polar surface area (TPSA) is 78.8 Å². The second-order valence-electron chi connectivity index (χ2n) is 12.9. The van der Waals surface area contributed by atoms with Gasteiger partial charge in [0.2, 0.25) is 0 Å². The molecule has 2 aliphatic rings. The quantitative estimate of drug-likeness (QED) is 0.0724. The van der Waals surface area contributed by atoms with Crippen molar-refractivity contribution in [3.05, 3.63) is 11.6 Å². The lowest BCUT2D eigenvalue weighted by molar-refractivity contribution is -0.139. The summed E-state index contributed by atoms with van der Waals surface area (Å²) in [5.41, 5.74) is 0.873. The Morgan fingerprint density at radius 1 is 0.700 bits per heavy atom. The third kappa shape index (κ3) is 15.9. The minimum absolute atomic E-state index is 0.0413. The molecule has 1 saturated heterocycles. The monoisotopic (exact) mass is 563 g/mol. The Balaban J connectivity index is 1.35. The maximum atomic E-state index is 11.6. The summed E-state index contributed by atoms with van der Waals surface area (Å²) in [5.74, 6) is -0.114. The molecule has 0 unspecified atom stereocenters. The van der Waals surface area contributed by atoms with Gasteiger partial charge in [0, 0.05) is 17.7 Å². The summed E-state index contributed by atoms with van der Waals surface area (Å²) in [5, 5.41) is 24.9. The fourth-order valence-electron chi connectivity index (χ4n) is 6.55. The van der Waals surface area contributed by atoms with E-state index in [2.05, 4.69) is 12.2 Å². The van der Waals surface area contributed by atoms with E-state index in [9.17, 15) is 15.0 Å². The van der Waals surface area contributed by atoms with Crippen LogP contribution < -0.4 is 5.32 Å². The molecule has 5 heteroatoms. The number of hydrogen-bond acceptors (Lipinski definition) is 5. The lowest BCUT2D eigenvalue weighted by atomic mass is 10.00. The van der Waals surface area contributed by atoms with Crippen molar-refractivity contribution in [2.75, 3.05) is 0 Å². The molecule has 2 aliphatic heterocycles. The molecule has 0 bridgehead atoms. The molecule has 1 fully saturated rings. The first-order valence-electron chi connectivity index (χ1n) is 17.5. The predicted molar refractivity (Wildman–Crippen MR) is 167 cm³/mol. The Morgan fingerprint density at radius 3 is 1.50 bits per heavy atom. The van der Waals surface area contributed by atoms with Crippen molar-refractivity contribution in [1.29, 1.82) is 0 Å². The number of unbranched alkanes of at least 4 members (excludes halogenated alkanes) is 18. The molecular formula is C35H65NO4. The summed E-state index contributed by atoms with van der Waals surface area (Å²) < 4.78 is 5.15. The minimum atomic E-state index is -0.278. The van der Waals surface area contributed by atoms with Crippen molar-refractivity contribution in [3.63, 3.8) is 0 Å². The maximum absolute atomic E-state index is 11.6. The number of carbonyl (C=O) groups is 1. The highest BCUT2D eigenvalue weighted by atomic mass is 16.5. The van der Waals surface area contributed by atoms with E-state index in [1.165, 1.54) is 109 Å². The van der Waals surface area contributed by atoms with Crippen LogP contribution in [0, 0.1) is 0 Å². The van der Waals surface area contributed by atoms with Gasteiger partial charge in [0.25, 0.3) is 0 Å². The SMILES string of the molecule is CCCCCCCCCCCC[C@@H](O)[C@H]1CC[C@@H]([C@@H](O)CCCCCCCCCCCCC2=C[C@H](C)OC2=O)N1. The smallest absolute Gasteiger partial charge is 0.334 e. The van der Waals surface area contributed by atoms with Crippen LogP contribution in [0.15, 0.2) is 11.6 Å². The van der Waals surface area contributed by atoms with Crippen LogP contribution in [0.1, 0.15) is 174 Å². The van der Waals surface area contributed by atoms with Gasteiger partial charge >= 0.3 is 5.97 Å². The van der Waals surface area contributed by atoms with Crippen LogP contribution in [0.5, 0.6) is 0 Å². The molecule has 0 amide bonds. The molecule has 0 aliphatic carbocycles. The van der Waals surface area contributed by atoms with E-state index in [4.69, 9.17) is 4.74 Å². The molecule has 2 rings (SSSR count). The first-order valence-corrected chi connectivity index (χ1v) is 17.5. The van der Waals surface area contributed by atoms with Gasteiger partial charge in [-0.15, -0.1) is 0 Å². The van der Waals surface area contributed by atoms with Crippen molar-refractivity contribution < 1.29 is 19.7 Å². The Labute approximate surface area is 247 Å². The fourth-order valence-corrected chi connectivity index (χ4v) is 6.55. The number of esters is 1. The van der Waals surface area contributed by atoms with Gasteiger partial charge in [-0.25, -0.2) is 4.79 Å². The highest BCUT2D eigenvalue weighted by Gasteiger charge is 2.32. The molecule has 40 heavy (non-hydrogen) atoms. The van der Waals surface area contributed by atoms with E-state index in [-0.39, 0.29) is 36.4 Å². The normalized spacial score (nSPS) is 22.4. The Bertz CT molecular complexity index is 666. The number of rotatable bonds is 26. The third-order valence-electron chi connectivity index (χ3n) is 9.19. The molecule has 0 aromatic heterocycles. The zero-order valence-electron chi connectivity index (χ0n) is 26.4. The zero-order valence-corrected chi connectivity index (χ0v) is 26.4. The number of ether oxygens (including phenoxy) is 1. The molecule has 2 heterocycles. The van der Waals surface area contributed by atoms with Crippen LogP contribution in [0.2, 0.25) is 0 Å². The Kier molecular flexibility index (Phi) is 20.0. The number of hydrogen-bond donors (Lipinski definition) is 3. The zero-order chi connectivity index (χ0) is 28.8. The van der Waals surface area contributed by atoms with Gasteiger partial charge in [0.1, 0.15) is 6.10 Å². The summed E-state index contributed by atoms with van der Waals surface area (Å²) in [6.45, 7) is 4.19. The van der Waals surface area contributed by atoms with Gasteiger partial charge in [-0.1, -0.05) is 129 Å². The Hall–Kier alpha value is -0.910. The average Bonchev–Trinajstić information content (AvgIpc) is 3.56. The van der Waals surface area contributed by atoms with Crippen LogP contribution in [0.3, 0.4) is 0 Å². The number of cyclic esters (lactones) is 1. The molecule has 0 aromatic carbocycles. The number of carbonyl (C=O) groups excluding carboxylic acids is 1. The van der Waals surface area contributed by atoms with E-state index >= 15 is 0 Å². The highest BCUT2D eigenvalue weighted by molar-refractivity contribution is 5.90. The minimum Gasteiger partial charge on any atom is -0.455 e. The van der Waals surface area contributed by atoms with Gasteiger partial charge in [-0.3, -0.25) is 0 Å². The van der Waals surface area contributed by atoms with Gasteiger partial charge in [-0.05, 0) is 51.5 Å². The van der Waals surface area contributed by atoms with Crippen molar-refractivity contribution >= 4 is 5.97 Å². The van der Waals surface area contributed by atoms with Crippen molar-refractivity contribution in [2.24, 2.45) is 0 Å². The highest BCUT2D eigenvalue weighted by Crippen LogP contribution is 2.24. The fraction of sp³-hybridized carbons (Fsp3) is 0.914. The first kappa shape index (κ1) is 35.3. The third-order valence-corrected chi connectivity index (χ3v) is 9.19. The van der Waals surface area contributed by atoms with Gasteiger partial charge in [-0.2, -0.15) is 0 Å². The number of aliphatic hydroxyl groups is 2. The average molecular weight is 564 g/mol. The van der Waals surface area contributed by atoms with Crippen molar-refractivity contribution in [3.8, 4) is 0 Å². The van der Waals surface area contributed by atoms with E-state index < -0.39 is 0 Å². The summed E-state index contributed by atoms with van der Waals surface area (Å²) in [4.78, 5) is 11.6. The standard InChI is InChI=1S/C35H65NO4/c1-3-4-5-6-7-8-12-15-18-21-24-33(37)31-26-27-32(36-31)34(38)25-22-19-16-13-10-9-11-14-17-20-23-30-28-29(2)40-35(30)39/h28-29,31-34,36-38H,3-27H2,1-2H3/t29-,31+,32-,33+,34-/m0/s1. The largest absolute Gasteiger partial charge is 0.455 e. The number of nitrogens with one attached hydrogen (secondary N) is 1. The van der Waals surface area contributed by atoms with E-state index in [0.29, 0.717) is 0 Å². The van der Waals surface area contributed by atoms with Crippen LogP contribution in [0.4, 0.5) is 0 Å². The van der Waals surface area contributed by atoms with Crippen molar-refractivity contribution in [2.45, 2.75) is 205 Å². The molecule has 0 saturated carbocycles. The van der Waals surface area contributed by atoms with Crippen LogP contribution in [-0.4, -0.2) is 46.6 Å². The summed E-state index contributed by atoms with van der Waals surface area (Å²) in [6, 6.07) is 0.324. The molecule has 0 aromatic rings. The van der Waals surface area contributed by atoms with Gasteiger partial charge in [0.15, 0.2) is 0 Å². The van der Waals surface area contributed by atoms with Gasteiger partial charge in [0.05, 0.1) is 12.2 Å². The van der Waals surface area contributed by atoms with Crippen molar-refractivity contribution in [1.82, 2.24) is 5.32 Å². The summed E-state index contributed by atoms with van der Waals surface area (Å²) in [6.07, 6.45) is 31.6. The van der Waals surface area contributed by atoms with Crippen LogP contribution >= 0.6 is 0 Å². The lowest BCUT2D eigenvalue weighted by Crippen LogP contribution is -2.43. The maximum Gasteiger partial charge on any atom is 0.334 e. The molecule has 0 spiro atoms. The summed E-state index contributed by atoms with van der Waals surface area (Å²) >= 11 is 0. The Morgan fingerprint density at radius 2 is 1.10 bits per heavy atom. The predicted octanol–water partition coefficient (Wildman–Crippen LogP) is 8.69. The molecule has 5 nitrogen and oxygen atoms in total. The van der Waals surface area contributed by atoms with E-state index in [1.807, 2.05) is 13.0 Å². The van der Waals surface area contributed by atoms with Crippen LogP contribution in [-0.2, 0) is 9.53 Å². The van der Waals surface area contributed by atoms with Gasteiger partial charge < -0.3 is 20.3 Å². The molecule has 234 valence electrons. The second-order valence-corrected chi connectivity index (χ2v) is 12.9. The molecule has 5 atom stereocenters. The number of aliphatic hydroxyl groups excluding tert-OH is 2.